The van der Waals surface area contributed by atoms with Gasteiger partial charge in [-0.3, -0.25) is 4.79 Å². The molecule has 0 unspecified atom stereocenters. The van der Waals surface area contributed by atoms with Gasteiger partial charge in [0.1, 0.15) is 11.6 Å². The summed E-state index contributed by atoms with van der Waals surface area (Å²) >= 11 is 6.32. The maximum absolute atomic E-state index is 14.2. The number of halogens is 2. The molecule has 0 aliphatic carbocycles. The first-order chi connectivity index (χ1) is 15.9. The summed E-state index contributed by atoms with van der Waals surface area (Å²) in [6.45, 7) is 5.25. The Morgan fingerprint density at radius 2 is 2.00 bits per heavy atom. The Morgan fingerprint density at radius 3 is 2.76 bits per heavy atom. The third-order valence-electron chi connectivity index (χ3n) is 5.51. The number of carbonyl (C=O) groups is 1. The van der Waals surface area contributed by atoms with E-state index in [4.69, 9.17) is 11.6 Å². The van der Waals surface area contributed by atoms with E-state index >= 15 is 0 Å². The number of aromatic nitrogens is 2. The highest BCUT2D eigenvalue weighted by molar-refractivity contribution is 6.32. The van der Waals surface area contributed by atoms with Gasteiger partial charge in [0, 0.05) is 30.8 Å². The lowest BCUT2D eigenvalue weighted by Gasteiger charge is -2.29. The van der Waals surface area contributed by atoms with Gasteiger partial charge < -0.3 is 15.3 Å². The average molecular weight is 467 g/mol. The average Bonchev–Trinajstić information content (AvgIpc) is 2.81. The molecule has 0 saturated carbocycles. The Balaban J connectivity index is 1.62. The second kappa shape index (κ2) is 10.0. The van der Waals surface area contributed by atoms with Gasteiger partial charge in [-0.25, -0.2) is 14.4 Å². The number of nitrogens with zero attached hydrogens (tertiary/aromatic N) is 3. The highest BCUT2D eigenvalue weighted by Crippen LogP contribution is 2.34. The van der Waals surface area contributed by atoms with Gasteiger partial charge in [-0.1, -0.05) is 18.2 Å². The standard InChI is InChI=1S/C25H24ClFN4O2/c1-2-20(32)12-16-10-17(13-18(27)11-16)24-21(26)15-28-25(30-24)29-19-6-7-23(33)22(14-19)31-8-4-3-5-9-31/h2,6-7,10-11,13-15,33H,1,3-5,8-9,12H2,(H,28,29,30). The summed E-state index contributed by atoms with van der Waals surface area (Å²) in [4.78, 5) is 22.6. The van der Waals surface area contributed by atoms with Crippen molar-refractivity contribution in [3.63, 3.8) is 0 Å². The van der Waals surface area contributed by atoms with E-state index in [1.165, 1.54) is 30.8 Å². The van der Waals surface area contributed by atoms with Crippen LogP contribution in [0.2, 0.25) is 5.02 Å². The summed E-state index contributed by atoms with van der Waals surface area (Å²) in [7, 11) is 0. The number of aromatic hydroxyl groups is 1. The van der Waals surface area contributed by atoms with E-state index in [9.17, 15) is 14.3 Å². The number of ketones is 1. The van der Waals surface area contributed by atoms with Crippen LogP contribution in [0.3, 0.4) is 0 Å². The van der Waals surface area contributed by atoms with Gasteiger partial charge in [0.15, 0.2) is 5.78 Å². The van der Waals surface area contributed by atoms with Crippen molar-refractivity contribution in [1.29, 1.82) is 0 Å². The van der Waals surface area contributed by atoms with E-state index in [-0.39, 0.29) is 28.9 Å². The van der Waals surface area contributed by atoms with Crippen LogP contribution in [-0.4, -0.2) is 33.9 Å². The zero-order valence-electron chi connectivity index (χ0n) is 18.0. The lowest BCUT2D eigenvalue weighted by atomic mass is 10.0. The van der Waals surface area contributed by atoms with Gasteiger partial charge in [0.05, 0.1) is 22.6 Å². The molecule has 0 radical (unpaired) electrons. The molecular weight excluding hydrogens is 443 g/mol. The molecule has 2 aromatic carbocycles. The minimum absolute atomic E-state index is 0.0366. The minimum atomic E-state index is -0.492. The van der Waals surface area contributed by atoms with Crippen molar-refractivity contribution < 1.29 is 14.3 Å². The zero-order valence-corrected chi connectivity index (χ0v) is 18.8. The van der Waals surface area contributed by atoms with Crippen LogP contribution >= 0.6 is 11.6 Å². The summed E-state index contributed by atoms with van der Waals surface area (Å²) in [5.41, 5.74) is 2.76. The molecular formula is C25H24ClFN4O2. The number of anilines is 3. The van der Waals surface area contributed by atoms with E-state index in [1.807, 2.05) is 6.07 Å². The van der Waals surface area contributed by atoms with Gasteiger partial charge in [-0.05, 0) is 67.3 Å². The van der Waals surface area contributed by atoms with Crippen LogP contribution in [0.5, 0.6) is 5.75 Å². The summed E-state index contributed by atoms with van der Waals surface area (Å²) < 4.78 is 14.2. The number of rotatable bonds is 7. The Labute approximate surface area is 196 Å². The lowest BCUT2D eigenvalue weighted by Crippen LogP contribution is -2.29. The predicted molar refractivity (Wildman–Crippen MR) is 129 cm³/mol. The van der Waals surface area contributed by atoms with Crippen LogP contribution in [0.15, 0.2) is 55.3 Å². The maximum atomic E-state index is 14.2. The number of hydrogen-bond donors (Lipinski definition) is 2. The van der Waals surface area contributed by atoms with Crippen LogP contribution in [0.4, 0.5) is 21.7 Å². The largest absolute Gasteiger partial charge is 0.506 e. The number of carbonyl (C=O) groups excluding carboxylic acids is 1. The van der Waals surface area contributed by atoms with Gasteiger partial charge in [0.2, 0.25) is 5.95 Å². The van der Waals surface area contributed by atoms with Gasteiger partial charge in [0.25, 0.3) is 0 Å². The topological polar surface area (TPSA) is 78.3 Å². The van der Waals surface area contributed by atoms with Crippen molar-refractivity contribution in [2.75, 3.05) is 23.3 Å². The number of allylic oxidation sites excluding steroid dienone is 1. The summed E-state index contributed by atoms with van der Waals surface area (Å²) in [6.07, 6.45) is 6.07. The molecule has 4 rings (SSSR count). The highest BCUT2D eigenvalue weighted by Gasteiger charge is 2.16. The molecule has 2 N–H and O–H groups in total. The molecule has 3 aromatic rings. The Bertz CT molecular complexity index is 1200. The first kappa shape index (κ1) is 22.7. The van der Waals surface area contributed by atoms with Crippen LogP contribution < -0.4 is 10.2 Å². The molecule has 2 heterocycles. The van der Waals surface area contributed by atoms with E-state index < -0.39 is 5.82 Å². The van der Waals surface area contributed by atoms with E-state index in [1.54, 1.807) is 18.2 Å². The van der Waals surface area contributed by atoms with Crippen LogP contribution in [-0.2, 0) is 11.2 Å². The molecule has 8 heteroatoms. The van der Waals surface area contributed by atoms with Crippen LogP contribution in [0.25, 0.3) is 11.3 Å². The minimum Gasteiger partial charge on any atom is -0.506 e. The summed E-state index contributed by atoms with van der Waals surface area (Å²) in [5.74, 6) is -0.202. The molecule has 6 nitrogen and oxygen atoms in total. The number of benzene rings is 2. The van der Waals surface area contributed by atoms with Crippen molar-refractivity contribution in [1.82, 2.24) is 9.97 Å². The highest BCUT2D eigenvalue weighted by atomic mass is 35.5. The smallest absolute Gasteiger partial charge is 0.227 e. The van der Waals surface area contributed by atoms with E-state index in [0.717, 1.165) is 31.6 Å². The van der Waals surface area contributed by atoms with Crippen molar-refractivity contribution in [3.8, 4) is 17.0 Å². The van der Waals surface area contributed by atoms with E-state index in [0.29, 0.717) is 22.5 Å². The Kier molecular flexibility index (Phi) is 6.89. The molecule has 33 heavy (non-hydrogen) atoms. The van der Waals surface area contributed by atoms with Crippen LogP contribution in [0.1, 0.15) is 24.8 Å². The third-order valence-corrected chi connectivity index (χ3v) is 5.79. The molecule has 1 aliphatic heterocycles. The molecule has 0 atom stereocenters. The van der Waals surface area contributed by atoms with E-state index in [2.05, 4.69) is 26.8 Å². The van der Waals surface area contributed by atoms with Crippen molar-refractivity contribution >= 4 is 34.7 Å². The van der Waals surface area contributed by atoms with Crippen molar-refractivity contribution in [2.24, 2.45) is 0 Å². The van der Waals surface area contributed by atoms with Gasteiger partial charge in [-0.2, -0.15) is 0 Å². The quantitative estimate of drug-likeness (QED) is 0.345. The molecule has 170 valence electrons. The van der Waals surface area contributed by atoms with Crippen molar-refractivity contribution in [2.45, 2.75) is 25.7 Å². The second-order valence-electron chi connectivity index (χ2n) is 7.96. The second-order valence-corrected chi connectivity index (χ2v) is 8.37. The Hall–Kier alpha value is -3.45. The number of hydrogen-bond acceptors (Lipinski definition) is 6. The maximum Gasteiger partial charge on any atom is 0.227 e. The van der Waals surface area contributed by atoms with Crippen molar-refractivity contribution in [3.05, 3.63) is 71.7 Å². The molecule has 0 amide bonds. The fourth-order valence-electron chi connectivity index (χ4n) is 3.91. The monoisotopic (exact) mass is 466 g/mol. The molecule has 1 saturated heterocycles. The third kappa shape index (κ3) is 5.49. The van der Waals surface area contributed by atoms with Gasteiger partial charge in [-0.15, -0.1) is 0 Å². The molecule has 0 bridgehead atoms. The summed E-state index contributed by atoms with van der Waals surface area (Å²) in [5, 5.41) is 13.7. The summed E-state index contributed by atoms with van der Waals surface area (Å²) in [6, 6.07) is 9.53. The zero-order chi connectivity index (χ0) is 23.4. The molecule has 1 fully saturated rings. The first-order valence-corrected chi connectivity index (χ1v) is 11.1. The number of phenols is 1. The Morgan fingerprint density at radius 1 is 1.21 bits per heavy atom. The van der Waals surface area contributed by atoms with Crippen LogP contribution in [0, 0.1) is 5.82 Å². The first-order valence-electron chi connectivity index (χ1n) is 10.8. The number of piperidine rings is 1. The normalized spacial score (nSPS) is 13.6. The molecule has 1 aromatic heterocycles. The fourth-order valence-corrected chi connectivity index (χ4v) is 4.11. The molecule has 0 spiro atoms. The predicted octanol–water partition coefficient (Wildman–Crippen LogP) is 5.67. The number of phenolic OH excluding ortho intramolecular Hbond substituents is 1. The number of nitrogens with one attached hydrogen (secondary N) is 1. The lowest BCUT2D eigenvalue weighted by molar-refractivity contribution is -0.114. The van der Waals surface area contributed by atoms with Gasteiger partial charge >= 0.3 is 0 Å². The fraction of sp³-hybridized carbons (Fsp3) is 0.240. The SMILES string of the molecule is C=CC(=O)Cc1cc(F)cc(-c2nc(Nc3ccc(O)c(N4CCCCC4)c3)ncc2Cl)c1. The molecule has 1 aliphatic rings.